The normalized spacial score (nSPS) is 33.1. The van der Waals surface area contributed by atoms with Crippen LogP contribution in [0.4, 0.5) is 0 Å². The Morgan fingerprint density at radius 2 is 2.06 bits per heavy atom. The minimum atomic E-state index is -0.762. The maximum Gasteiger partial charge on any atom is 0.254 e. The van der Waals surface area contributed by atoms with Gasteiger partial charge in [-0.05, 0) is 39.5 Å². The Labute approximate surface area is 109 Å². The lowest BCUT2D eigenvalue weighted by Gasteiger charge is -2.44. The fourth-order valence-corrected chi connectivity index (χ4v) is 3.40. The van der Waals surface area contributed by atoms with E-state index in [0.29, 0.717) is 6.54 Å². The van der Waals surface area contributed by atoms with Crippen LogP contribution in [-0.2, 0) is 9.53 Å². The lowest BCUT2D eigenvalue weighted by molar-refractivity contribution is -0.156. The summed E-state index contributed by atoms with van der Waals surface area (Å²) in [6, 6.07) is 0. The first-order valence-corrected chi connectivity index (χ1v) is 6.94. The van der Waals surface area contributed by atoms with Gasteiger partial charge < -0.3 is 14.7 Å². The molecule has 4 heteroatoms. The Bertz CT molecular complexity index is 329. The van der Waals surface area contributed by atoms with E-state index < -0.39 is 5.60 Å². The van der Waals surface area contributed by atoms with E-state index in [0.717, 1.165) is 38.6 Å². The van der Waals surface area contributed by atoms with E-state index in [9.17, 15) is 9.90 Å². The third-order valence-corrected chi connectivity index (χ3v) is 4.78. The number of methoxy groups -OCH3 is 1. The summed E-state index contributed by atoms with van der Waals surface area (Å²) in [7, 11) is 1.57. The molecular weight excluding hydrogens is 230 g/mol. The van der Waals surface area contributed by atoms with Crippen LogP contribution < -0.4 is 0 Å². The molecule has 2 aliphatic rings. The number of aliphatic hydroxyl groups is 1. The molecule has 1 spiro atoms. The van der Waals surface area contributed by atoms with Crippen molar-refractivity contribution in [2.45, 2.75) is 57.7 Å². The SMILES string of the molecule is COC(C)(C)C(=O)N1CCC[C@]2(CCC[C@H]2O)C1. The predicted octanol–water partition coefficient (Wildman–Crippen LogP) is 1.57. The summed E-state index contributed by atoms with van der Waals surface area (Å²) in [6.45, 7) is 5.10. The molecule has 1 heterocycles. The fraction of sp³-hybridized carbons (Fsp3) is 0.929. The number of rotatable bonds is 2. The van der Waals surface area contributed by atoms with Gasteiger partial charge in [-0.25, -0.2) is 0 Å². The fourth-order valence-electron chi connectivity index (χ4n) is 3.40. The van der Waals surface area contributed by atoms with Gasteiger partial charge in [0.2, 0.25) is 0 Å². The summed E-state index contributed by atoms with van der Waals surface area (Å²) >= 11 is 0. The van der Waals surface area contributed by atoms with Gasteiger partial charge in [0.1, 0.15) is 5.60 Å². The number of carbonyl (C=O) groups is 1. The Hall–Kier alpha value is -0.610. The number of ether oxygens (including phenoxy) is 1. The van der Waals surface area contributed by atoms with Gasteiger partial charge in [-0.15, -0.1) is 0 Å². The molecule has 2 atom stereocenters. The number of nitrogens with zero attached hydrogens (tertiary/aromatic N) is 1. The van der Waals surface area contributed by atoms with Crippen molar-refractivity contribution in [2.75, 3.05) is 20.2 Å². The lowest BCUT2D eigenvalue weighted by Crippen LogP contribution is -2.54. The van der Waals surface area contributed by atoms with Crippen LogP contribution in [0.3, 0.4) is 0 Å². The summed E-state index contributed by atoms with van der Waals surface area (Å²) in [6.07, 6.45) is 4.81. The van der Waals surface area contributed by atoms with Crippen molar-refractivity contribution in [3.05, 3.63) is 0 Å². The van der Waals surface area contributed by atoms with Crippen LogP contribution in [0.1, 0.15) is 46.0 Å². The molecule has 0 aromatic heterocycles. The highest BCUT2D eigenvalue weighted by Gasteiger charge is 2.47. The van der Waals surface area contributed by atoms with Crippen LogP contribution in [0.25, 0.3) is 0 Å². The van der Waals surface area contributed by atoms with Crippen molar-refractivity contribution in [1.29, 1.82) is 0 Å². The third-order valence-electron chi connectivity index (χ3n) is 4.78. The first-order valence-electron chi connectivity index (χ1n) is 6.94. The third kappa shape index (κ3) is 2.28. The smallest absolute Gasteiger partial charge is 0.254 e. The molecule has 0 aromatic carbocycles. The van der Waals surface area contributed by atoms with Crippen molar-refractivity contribution in [3.63, 3.8) is 0 Å². The van der Waals surface area contributed by atoms with Gasteiger partial charge in [-0.1, -0.05) is 6.42 Å². The maximum absolute atomic E-state index is 12.4. The summed E-state index contributed by atoms with van der Waals surface area (Å²) in [5, 5.41) is 10.2. The van der Waals surface area contributed by atoms with E-state index in [1.54, 1.807) is 7.11 Å². The molecule has 0 unspecified atom stereocenters. The van der Waals surface area contributed by atoms with E-state index >= 15 is 0 Å². The van der Waals surface area contributed by atoms with Gasteiger partial charge in [0.25, 0.3) is 5.91 Å². The molecule has 1 amide bonds. The number of hydrogen-bond donors (Lipinski definition) is 1. The highest BCUT2D eigenvalue weighted by Crippen LogP contribution is 2.45. The summed E-state index contributed by atoms with van der Waals surface area (Å²) < 4.78 is 5.28. The average Bonchev–Trinajstić information content (AvgIpc) is 2.70. The largest absolute Gasteiger partial charge is 0.392 e. The summed E-state index contributed by atoms with van der Waals surface area (Å²) in [4.78, 5) is 14.3. The second-order valence-corrected chi connectivity index (χ2v) is 6.32. The Balaban J connectivity index is 2.10. The highest BCUT2D eigenvalue weighted by atomic mass is 16.5. The Morgan fingerprint density at radius 1 is 1.39 bits per heavy atom. The molecule has 104 valence electrons. The van der Waals surface area contributed by atoms with E-state index in [1.807, 2.05) is 18.7 Å². The molecule has 1 aliphatic carbocycles. The van der Waals surface area contributed by atoms with Crippen LogP contribution in [0.15, 0.2) is 0 Å². The van der Waals surface area contributed by atoms with Crippen LogP contribution in [0.2, 0.25) is 0 Å². The molecule has 0 bridgehead atoms. The minimum Gasteiger partial charge on any atom is -0.392 e. The van der Waals surface area contributed by atoms with Gasteiger partial charge in [-0.2, -0.15) is 0 Å². The molecule has 1 saturated heterocycles. The summed E-state index contributed by atoms with van der Waals surface area (Å²) in [5.41, 5.74) is -0.806. The van der Waals surface area contributed by atoms with Crippen LogP contribution in [0, 0.1) is 5.41 Å². The number of piperidine rings is 1. The van der Waals surface area contributed by atoms with Gasteiger partial charge in [0.15, 0.2) is 0 Å². The van der Waals surface area contributed by atoms with Crippen LogP contribution in [-0.4, -0.2) is 47.8 Å². The van der Waals surface area contributed by atoms with Crippen LogP contribution in [0.5, 0.6) is 0 Å². The van der Waals surface area contributed by atoms with E-state index in [-0.39, 0.29) is 17.4 Å². The average molecular weight is 255 g/mol. The van der Waals surface area contributed by atoms with E-state index in [1.165, 1.54) is 0 Å². The second-order valence-electron chi connectivity index (χ2n) is 6.32. The molecule has 18 heavy (non-hydrogen) atoms. The number of aliphatic hydroxyl groups excluding tert-OH is 1. The Kier molecular flexibility index (Phi) is 3.70. The molecule has 2 fully saturated rings. The molecule has 1 aliphatic heterocycles. The minimum absolute atomic E-state index is 0.0439. The summed E-state index contributed by atoms with van der Waals surface area (Å²) in [5.74, 6) is 0.0446. The maximum atomic E-state index is 12.4. The number of carbonyl (C=O) groups excluding carboxylic acids is 1. The standard InChI is InChI=1S/C14H25NO3/c1-13(2,18-3)12(17)15-9-5-8-14(10-15)7-4-6-11(14)16/h11,16H,4-10H2,1-3H3/t11-,14-/m1/s1. The number of likely N-dealkylation sites (tertiary alicyclic amines) is 1. The Morgan fingerprint density at radius 3 is 2.61 bits per heavy atom. The van der Waals surface area contributed by atoms with Gasteiger partial charge in [0.05, 0.1) is 6.10 Å². The first kappa shape index (κ1) is 13.8. The van der Waals surface area contributed by atoms with Crippen molar-refractivity contribution in [3.8, 4) is 0 Å². The molecule has 4 nitrogen and oxygen atoms in total. The van der Waals surface area contributed by atoms with E-state index in [2.05, 4.69) is 0 Å². The number of hydrogen-bond acceptors (Lipinski definition) is 3. The van der Waals surface area contributed by atoms with Crippen molar-refractivity contribution in [2.24, 2.45) is 5.41 Å². The molecular formula is C14H25NO3. The van der Waals surface area contributed by atoms with Crippen molar-refractivity contribution in [1.82, 2.24) is 4.90 Å². The zero-order chi connectivity index (χ0) is 13.4. The topological polar surface area (TPSA) is 49.8 Å². The zero-order valence-electron chi connectivity index (χ0n) is 11.7. The lowest BCUT2D eigenvalue weighted by atomic mass is 9.76. The molecule has 0 aromatic rings. The molecule has 0 radical (unpaired) electrons. The van der Waals surface area contributed by atoms with Gasteiger partial charge in [-0.3, -0.25) is 4.79 Å². The van der Waals surface area contributed by atoms with Gasteiger partial charge >= 0.3 is 0 Å². The van der Waals surface area contributed by atoms with Crippen molar-refractivity contribution >= 4 is 5.91 Å². The zero-order valence-corrected chi connectivity index (χ0v) is 11.7. The predicted molar refractivity (Wildman–Crippen MR) is 69.2 cm³/mol. The first-order chi connectivity index (χ1) is 8.41. The quantitative estimate of drug-likeness (QED) is 0.814. The van der Waals surface area contributed by atoms with Gasteiger partial charge in [0, 0.05) is 25.6 Å². The van der Waals surface area contributed by atoms with Crippen LogP contribution >= 0.6 is 0 Å². The highest BCUT2D eigenvalue weighted by molar-refractivity contribution is 5.84. The second kappa shape index (κ2) is 4.82. The monoisotopic (exact) mass is 255 g/mol. The molecule has 1 saturated carbocycles. The van der Waals surface area contributed by atoms with Crippen molar-refractivity contribution < 1.29 is 14.6 Å². The number of amides is 1. The van der Waals surface area contributed by atoms with E-state index in [4.69, 9.17) is 4.74 Å². The molecule has 2 rings (SSSR count). The molecule has 1 N–H and O–H groups in total.